The maximum absolute atomic E-state index is 4.13. The lowest BCUT2D eigenvalue weighted by molar-refractivity contribution is 0.265. The molecule has 0 aromatic carbocycles. The molecule has 0 saturated carbocycles. The highest BCUT2D eigenvalue weighted by molar-refractivity contribution is 5.16. The normalized spacial score (nSPS) is 11.8. The Morgan fingerprint density at radius 1 is 0.472 bits per heavy atom. The molecule has 0 fully saturated rings. The highest BCUT2D eigenvalue weighted by Crippen LogP contribution is 2.20. The molecular formula is C52H99N. The predicted molar refractivity (Wildman–Crippen MR) is 246 cm³/mol. The first kappa shape index (κ1) is 53.8. The first-order valence-corrected chi connectivity index (χ1v) is 24.1. The van der Waals surface area contributed by atoms with Crippen LogP contribution in [0, 0.1) is 5.92 Å². The number of nitrogens with zero attached hydrogens (tertiary/aromatic N) is 1. The molecule has 1 heteroatoms. The Kier molecular flexibility index (Phi) is 49.5. The summed E-state index contributed by atoms with van der Waals surface area (Å²) in [6.07, 6.45) is 56.8. The van der Waals surface area contributed by atoms with Crippen LogP contribution in [0.1, 0.15) is 252 Å². The van der Waals surface area contributed by atoms with Gasteiger partial charge in [-0.15, -0.1) is 18.9 Å². The van der Waals surface area contributed by atoms with Crippen molar-refractivity contribution >= 4 is 0 Å². The molecule has 1 atom stereocenters. The molecular weight excluding hydrogens is 639 g/mol. The quantitative estimate of drug-likeness (QED) is 0.0261. The molecule has 0 heterocycles. The van der Waals surface area contributed by atoms with Crippen molar-refractivity contribution in [2.75, 3.05) is 19.6 Å². The maximum atomic E-state index is 4.13. The van der Waals surface area contributed by atoms with E-state index in [4.69, 9.17) is 0 Å². The Bertz CT molecular complexity index is 779. The van der Waals surface area contributed by atoms with E-state index in [1.807, 2.05) is 0 Å². The van der Waals surface area contributed by atoms with Gasteiger partial charge in [0, 0.05) is 6.54 Å². The van der Waals surface area contributed by atoms with Crippen LogP contribution >= 0.6 is 0 Å². The minimum atomic E-state index is 0.744. The zero-order valence-electron chi connectivity index (χ0n) is 37.3. The lowest BCUT2D eigenvalue weighted by Gasteiger charge is -2.21. The second-order valence-electron chi connectivity index (χ2n) is 16.3. The van der Waals surface area contributed by atoms with Crippen molar-refractivity contribution in [1.82, 2.24) is 4.90 Å². The van der Waals surface area contributed by atoms with Gasteiger partial charge in [0.15, 0.2) is 0 Å². The summed E-state index contributed by atoms with van der Waals surface area (Å²) in [6.45, 7) is 24.8. The Hall–Kier alpha value is -1.30. The fourth-order valence-corrected chi connectivity index (χ4v) is 7.34. The fraction of sp³-hybridized carbons (Fsp3) is 0.827. The molecule has 1 unspecified atom stereocenters. The monoisotopic (exact) mass is 738 g/mol. The average Bonchev–Trinajstić information content (AvgIpc) is 3.17. The average molecular weight is 738 g/mol. The Morgan fingerprint density at radius 2 is 0.868 bits per heavy atom. The van der Waals surface area contributed by atoms with Crippen LogP contribution in [0.5, 0.6) is 0 Å². The topological polar surface area (TPSA) is 3.24 Å². The van der Waals surface area contributed by atoms with E-state index in [2.05, 4.69) is 82.4 Å². The molecule has 0 aromatic heterocycles. The molecule has 0 rings (SSSR count). The summed E-state index contributed by atoms with van der Waals surface area (Å²) in [4.78, 5) is 2.69. The number of hydrogen-bond acceptors (Lipinski definition) is 1. The highest BCUT2D eigenvalue weighted by atomic mass is 15.1. The van der Waals surface area contributed by atoms with Gasteiger partial charge in [0.2, 0.25) is 0 Å². The maximum Gasteiger partial charge on any atom is 0.00158 e. The molecule has 0 aliphatic carbocycles. The third-order valence-corrected chi connectivity index (χ3v) is 11.1. The molecule has 312 valence electrons. The van der Waals surface area contributed by atoms with Gasteiger partial charge in [0.1, 0.15) is 0 Å². The number of unbranched alkanes of at least 4 members (excludes halogenated alkanes) is 26. The van der Waals surface area contributed by atoms with Gasteiger partial charge in [-0.25, -0.2) is 0 Å². The molecule has 0 N–H and O–H groups in total. The van der Waals surface area contributed by atoms with Gasteiger partial charge in [0.05, 0.1) is 0 Å². The summed E-state index contributed by atoms with van der Waals surface area (Å²) >= 11 is 0. The molecule has 1 nitrogen and oxygen atoms in total. The first-order valence-electron chi connectivity index (χ1n) is 24.1. The zero-order chi connectivity index (χ0) is 39.1. The summed E-state index contributed by atoms with van der Waals surface area (Å²) in [5.74, 6) is 0.744. The Morgan fingerprint density at radius 3 is 1.28 bits per heavy atom. The van der Waals surface area contributed by atoms with Crippen molar-refractivity contribution in [3.63, 3.8) is 0 Å². The van der Waals surface area contributed by atoms with Crippen molar-refractivity contribution in [1.29, 1.82) is 0 Å². The highest BCUT2D eigenvalue weighted by Gasteiger charge is 2.06. The number of hydrogen-bond donors (Lipinski definition) is 0. The molecule has 0 aliphatic rings. The second-order valence-corrected chi connectivity index (χ2v) is 16.3. The first-order chi connectivity index (χ1) is 26.1. The third kappa shape index (κ3) is 45.0. The molecule has 0 bridgehead atoms. The summed E-state index contributed by atoms with van der Waals surface area (Å²) in [7, 11) is 0. The number of rotatable bonds is 42. The van der Waals surface area contributed by atoms with Crippen molar-refractivity contribution in [2.24, 2.45) is 5.92 Å². The molecule has 0 aliphatic heterocycles. The van der Waals surface area contributed by atoms with Crippen LogP contribution < -0.4 is 0 Å². The molecule has 53 heavy (non-hydrogen) atoms. The lowest BCUT2D eigenvalue weighted by Crippen LogP contribution is -2.27. The van der Waals surface area contributed by atoms with Gasteiger partial charge in [-0.1, -0.05) is 226 Å². The van der Waals surface area contributed by atoms with Gasteiger partial charge in [0.25, 0.3) is 0 Å². The smallest absolute Gasteiger partial charge is 0.00158 e. The van der Waals surface area contributed by atoms with Crippen molar-refractivity contribution < 1.29 is 0 Å². The summed E-state index contributed by atoms with van der Waals surface area (Å²) in [5.41, 5.74) is 4.49. The Labute approximate surface area is 337 Å². The van der Waals surface area contributed by atoms with Crippen LogP contribution in [0.15, 0.2) is 55.3 Å². The van der Waals surface area contributed by atoms with Gasteiger partial charge in [-0.2, -0.15) is 0 Å². The molecule has 0 spiro atoms. The zero-order valence-corrected chi connectivity index (χ0v) is 37.3. The van der Waals surface area contributed by atoms with Crippen LogP contribution in [-0.2, 0) is 0 Å². The minimum absolute atomic E-state index is 0.744. The van der Waals surface area contributed by atoms with Crippen LogP contribution in [0.3, 0.4) is 0 Å². The fourth-order valence-electron chi connectivity index (χ4n) is 7.34. The van der Waals surface area contributed by atoms with Crippen LogP contribution in [0.2, 0.25) is 0 Å². The van der Waals surface area contributed by atoms with E-state index >= 15 is 0 Å². The van der Waals surface area contributed by atoms with E-state index in [9.17, 15) is 0 Å². The largest absolute Gasteiger partial charge is 0.303 e. The van der Waals surface area contributed by atoms with Crippen LogP contribution in [0.25, 0.3) is 0 Å². The molecule has 0 radical (unpaired) electrons. The van der Waals surface area contributed by atoms with E-state index in [0.29, 0.717) is 0 Å². The predicted octanol–water partition coefficient (Wildman–Crippen LogP) is 18.3. The van der Waals surface area contributed by atoms with Crippen molar-refractivity contribution in [2.45, 2.75) is 252 Å². The standard InChI is InChI=1S/C43H79N.C9H20/c1-6-11-14-16-18-19-20-22-25-30-36-43(10-5)38-32-28-34-41-44(39-13-8-3)40-33-27-23-26-31-37-42(9-4)35-29-24-21-17-15-12-7-2;1-3-5-7-9-8-6-4-2/h8-9,30,36,42H,3-7,11-29,31-35,37-41H2,1-2H3;3-9H2,1-2H3/b36-30+;. The van der Waals surface area contributed by atoms with E-state index in [1.54, 1.807) is 0 Å². The number of allylic oxidation sites excluding steroid dienone is 4. The van der Waals surface area contributed by atoms with E-state index < -0.39 is 0 Å². The van der Waals surface area contributed by atoms with E-state index in [-0.39, 0.29) is 0 Å². The van der Waals surface area contributed by atoms with Crippen molar-refractivity contribution in [3.8, 4) is 0 Å². The molecule has 0 aromatic rings. The summed E-state index contributed by atoms with van der Waals surface area (Å²) < 4.78 is 0. The Balaban J connectivity index is 0. The van der Waals surface area contributed by atoms with Gasteiger partial charge in [-0.3, -0.25) is 0 Å². The van der Waals surface area contributed by atoms with Crippen LogP contribution in [-0.4, -0.2) is 24.5 Å². The third-order valence-electron chi connectivity index (χ3n) is 11.1. The van der Waals surface area contributed by atoms with E-state index in [1.165, 1.54) is 237 Å². The van der Waals surface area contributed by atoms with Crippen LogP contribution in [0.4, 0.5) is 0 Å². The second kappa shape index (κ2) is 48.7. The van der Waals surface area contributed by atoms with Crippen molar-refractivity contribution in [3.05, 3.63) is 55.3 Å². The van der Waals surface area contributed by atoms with Gasteiger partial charge >= 0.3 is 0 Å². The SMILES string of the molecule is C=C=C(/C=C/CCCCCCCCCC)CCCCCN(CCC=C)CCCCCCCC(C=C)CCCCCCCCC.CCCCCCCCC. The molecule has 0 saturated heterocycles. The van der Waals surface area contributed by atoms with Gasteiger partial charge < -0.3 is 4.90 Å². The lowest BCUT2D eigenvalue weighted by atomic mass is 9.94. The molecule has 0 amide bonds. The minimum Gasteiger partial charge on any atom is -0.303 e. The summed E-state index contributed by atoms with van der Waals surface area (Å²) in [6, 6.07) is 0. The van der Waals surface area contributed by atoms with Gasteiger partial charge in [-0.05, 0) is 82.4 Å². The summed E-state index contributed by atoms with van der Waals surface area (Å²) in [5, 5.41) is 0. The van der Waals surface area contributed by atoms with E-state index in [0.717, 1.165) is 18.8 Å².